The van der Waals surface area contributed by atoms with Crippen LogP contribution in [0.2, 0.25) is 0 Å². The van der Waals surface area contributed by atoms with Gasteiger partial charge in [-0.3, -0.25) is 9.69 Å². The van der Waals surface area contributed by atoms with Crippen LogP contribution in [-0.2, 0) is 9.53 Å². The second-order valence-electron chi connectivity index (χ2n) is 5.40. The maximum Gasteiger partial charge on any atom is 0.233 e. The first-order valence-electron chi connectivity index (χ1n) is 7.00. The van der Waals surface area contributed by atoms with Gasteiger partial charge in [-0.25, -0.2) is 0 Å². The molecule has 1 aliphatic carbocycles. The maximum atomic E-state index is 12.2. The van der Waals surface area contributed by atoms with Gasteiger partial charge in [-0.05, 0) is 19.4 Å². The predicted octanol–water partition coefficient (Wildman–Crippen LogP) is 0.280. The average Bonchev–Trinajstić information content (AvgIpc) is 2.34. The molecule has 1 saturated heterocycles. The summed E-state index contributed by atoms with van der Waals surface area (Å²) in [4.78, 5) is 14.9. The van der Waals surface area contributed by atoms with Crippen LogP contribution in [0.25, 0.3) is 0 Å². The lowest BCUT2D eigenvalue weighted by Gasteiger charge is -2.40. The molecule has 0 bridgehead atoms. The van der Waals surface area contributed by atoms with E-state index in [-0.39, 0.29) is 12.0 Å². The summed E-state index contributed by atoms with van der Waals surface area (Å²) in [5.74, 6) is -0.0246. The van der Waals surface area contributed by atoms with Crippen molar-refractivity contribution in [1.29, 1.82) is 0 Å². The summed E-state index contributed by atoms with van der Waals surface area (Å²) >= 11 is 5.04. The van der Waals surface area contributed by atoms with Gasteiger partial charge in [0.05, 0.1) is 23.1 Å². The Kier molecular flexibility index (Phi) is 4.76. The number of amides is 1. The molecule has 1 heterocycles. The summed E-state index contributed by atoms with van der Waals surface area (Å²) in [7, 11) is 0. The number of nitrogens with one attached hydrogen (secondary N) is 1. The summed E-state index contributed by atoms with van der Waals surface area (Å²) in [6, 6.07) is 0. The van der Waals surface area contributed by atoms with E-state index in [4.69, 9.17) is 22.7 Å². The van der Waals surface area contributed by atoms with Crippen LogP contribution in [0.4, 0.5) is 0 Å². The molecule has 0 radical (unpaired) electrons. The van der Waals surface area contributed by atoms with E-state index in [9.17, 15) is 4.79 Å². The number of carbonyl (C=O) groups is 1. The van der Waals surface area contributed by atoms with E-state index in [2.05, 4.69) is 17.1 Å². The van der Waals surface area contributed by atoms with Crippen molar-refractivity contribution < 1.29 is 9.53 Å². The molecule has 1 atom stereocenters. The van der Waals surface area contributed by atoms with Crippen LogP contribution in [0.3, 0.4) is 0 Å². The van der Waals surface area contributed by atoms with Gasteiger partial charge in [-0.1, -0.05) is 25.6 Å². The first-order chi connectivity index (χ1) is 9.08. The molecule has 1 amide bonds. The topological polar surface area (TPSA) is 67.6 Å². The minimum atomic E-state index is -0.589. The summed E-state index contributed by atoms with van der Waals surface area (Å²) in [5.41, 5.74) is 5.13. The van der Waals surface area contributed by atoms with Crippen LogP contribution in [0, 0.1) is 5.41 Å². The molecular weight excluding hydrogens is 262 g/mol. The number of ether oxygens (including phenoxy) is 1. The zero-order valence-corrected chi connectivity index (χ0v) is 12.3. The van der Waals surface area contributed by atoms with Gasteiger partial charge in [-0.15, -0.1) is 0 Å². The lowest BCUT2D eigenvalue weighted by molar-refractivity contribution is -0.132. The molecule has 2 rings (SSSR count). The molecule has 5 nitrogen and oxygen atoms in total. The normalized spacial score (nSPS) is 26.5. The van der Waals surface area contributed by atoms with Crippen LogP contribution in [-0.4, -0.2) is 54.7 Å². The lowest BCUT2D eigenvalue weighted by Crippen LogP contribution is -2.55. The highest BCUT2D eigenvalue weighted by atomic mass is 32.1. The van der Waals surface area contributed by atoms with Crippen molar-refractivity contribution in [2.24, 2.45) is 11.1 Å². The van der Waals surface area contributed by atoms with Crippen molar-refractivity contribution in [3.63, 3.8) is 0 Å². The fourth-order valence-electron chi connectivity index (χ4n) is 2.68. The molecule has 2 fully saturated rings. The third-order valence-electron chi connectivity index (χ3n) is 4.27. The Bertz CT molecular complexity index is 358. The number of nitrogens with two attached hydrogens (primary N) is 1. The van der Waals surface area contributed by atoms with Gasteiger partial charge in [0.2, 0.25) is 5.91 Å². The lowest BCUT2D eigenvalue weighted by atomic mass is 9.68. The Hall–Kier alpha value is -0.720. The van der Waals surface area contributed by atoms with Crippen molar-refractivity contribution in [2.75, 3.05) is 32.8 Å². The molecule has 2 aliphatic rings. The summed E-state index contributed by atoms with van der Waals surface area (Å²) in [6.07, 6.45) is 2.65. The predicted molar refractivity (Wildman–Crippen MR) is 77.9 cm³/mol. The first-order valence-corrected chi connectivity index (χ1v) is 7.41. The summed E-state index contributed by atoms with van der Waals surface area (Å²) in [6.45, 7) is 6.27. The van der Waals surface area contributed by atoms with E-state index < -0.39 is 5.41 Å². The third kappa shape index (κ3) is 3.07. The van der Waals surface area contributed by atoms with E-state index in [0.717, 1.165) is 45.5 Å². The highest BCUT2D eigenvalue weighted by molar-refractivity contribution is 7.80. The largest absolute Gasteiger partial charge is 0.392 e. The summed E-state index contributed by atoms with van der Waals surface area (Å²) < 4.78 is 5.66. The number of likely N-dealkylation sites (N-methyl/N-ethyl adjacent to an activating group) is 1. The van der Waals surface area contributed by atoms with E-state index in [0.29, 0.717) is 11.5 Å². The maximum absolute atomic E-state index is 12.2. The molecule has 0 spiro atoms. The number of rotatable bonds is 5. The molecule has 0 aromatic carbocycles. The molecule has 108 valence electrons. The van der Waals surface area contributed by atoms with E-state index in [1.807, 2.05) is 0 Å². The Morgan fingerprint density at radius 1 is 1.58 bits per heavy atom. The van der Waals surface area contributed by atoms with Crippen molar-refractivity contribution >= 4 is 23.1 Å². The SMILES string of the molecule is CCN1CCOC(CNC(=O)C2(C(N)=S)CCC2)C1. The van der Waals surface area contributed by atoms with Crippen LogP contribution >= 0.6 is 12.2 Å². The molecule has 19 heavy (non-hydrogen) atoms. The highest BCUT2D eigenvalue weighted by Crippen LogP contribution is 2.41. The Morgan fingerprint density at radius 3 is 2.84 bits per heavy atom. The minimum Gasteiger partial charge on any atom is -0.392 e. The van der Waals surface area contributed by atoms with E-state index >= 15 is 0 Å². The molecule has 1 aliphatic heterocycles. The minimum absolute atomic E-state index is 0.0246. The van der Waals surface area contributed by atoms with Gasteiger partial charge in [-0.2, -0.15) is 0 Å². The second kappa shape index (κ2) is 6.15. The molecule has 0 aromatic rings. The van der Waals surface area contributed by atoms with Gasteiger partial charge in [0.15, 0.2) is 0 Å². The molecule has 6 heteroatoms. The summed E-state index contributed by atoms with van der Waals surface area (Å²) in [5, 5.41) is 2.96. The van der Waals surface area contributed by atoms with Crippen LogP contribution < -0.4 is 11.1 Å². The number of hydrogen-bond acceptors (Lipinski definition) is 4. The molecule has 1 unspecified atom stereocenters. The zero-order valence-electron chi connectivity index (χ0n) is 11.5. The number of morpholine rings is 1. The molecule has 1 saturated carbocycles. The number of hydrogen-bond donors (Lipinski definition) is 2. The van der Waals surface area contributed by atoms with Crippen molar-refractivity contribution in [3.05, 3.63) is 0 Å². The second-order valence-corrected chi connectivity index (χ2v) is 5.84. The van der Waals surface area contributed by atoms with E-state index in [1.54, 1.807) is 0 Å². The number of thiocarbonyl (C=S) groups is 1. The first kappa shape index (κ1) is 14.7. The van der Waals surface area contributed by atoms with Gasteiger partial charge in [0.25, 0.3) is 0 Å². The van der Waals surface area contributed by atoms with E-state index in [1.165, 1.54) is 0 Å². The average molecular weight is 285 g/mol. The number of nitrogens with zero attached hydrogens (tertiary/aromatic N) is 1. The van der Waals surface area contributed by atoms with Crippen LogP contribution in [0.5, 0.6) is 0 Å². The van der Waals surface area contributed by atoms with Crippen molar-refractivity contribution in [2.45, 2.75) is 32.3 Å². The fourth-order valence-corrected chi connectivity index (χ4v) is 2.98. The van der Waals surface area contributed by atoms with Crippen LogP contribution in [0.1, 0.15) is 26.2 Å². The van der Waals surface area contributed by atoms with Gasteiger partial charge < -0.3 is 15.8 Å². The molecular formula is C13H23N3O2S. The monoisotopic (exact) mass is 285 g/mol. The smallest absolute Gasteiger partial charge is 0.233 e. The number of carbonyl (C=O) groups excluding carboxylic acids is 1. The molecule has 0 aromatic heterocycles. The Morgan fingerprint density at radius 2 is 2.32 bits per heavy atom. The fraction of sp³-hybridized carbons (Fsp3) is 0.846. The zero-order chi connectivity index (χ0) is 13.9. The van der Waals surface area contributed by atoms with Gasteiger partial charge >= 0.3 is 0 Å². The Balaban J connectivity index is 1.81. The van der Waals surface area contributed by atoms with Crippen molar-refractivity contribution in [1.82, 2.24) is 10.2 Å². The standard InChI is InChI=1S/C13H23N3O2S/c1-2-16-6-7-18-10(9-16)8-15-12(17)13(11(14)19)4-3-5-13/h10H,2-9H2,1H3,(H2,14,19)(H,15,17). The van der Waals surface area contributed by atoms with Gasteiger partial charge in [0, 0.05) is 19.6 Å². The molecule has 3 N–H and O–H groups in total. The Labute approximate surface area is 119 Å². The van der Waals surface area contributed by atoms with Crippen LogP contribution in [0.15, 0.2) is 0 Å². The van der Waals surface area contributed by atoms with Gasteiger partial charge in [0.1, 0.15) is 0 Å². The quantitative estimate of drug-likeness (QED) is 0.710. The third-order valence-corrected chi connectivity index (χ3v) is 4.66. The highest BCUT2D eigenvalue weighted by Gasteiger charge is 2.46. The van der Waals surface area contributed by atoms with Crippen molar-refractivity contribution in [3.8, 4) is 0 Å².